The molecule has 0 saturated carbocycles. The van der Waals surface area contributed by atoms with E-state index in [1.807, 2.05) is 19.1 Å². The Labute approximate surface area is 129 Å². The van der Waals surface area contributed by atoms with Crippen LogP contribution in [0.3, 0.4) is 0 Å². The van der Waals surface area contributed by atoms with E-state index in [2.05, 4.69) is 21.1 Å². The summed E-state index contributed by atoms with van der Waals surface area (Å²) in [6.45, 7) is 1.92. The molecule has 0 atom stereocenters. The SMILES string of the molecule is Cc1ccc(C(N)=NO)c(Oc2ccc(Br)cc2Cl)c1. The van der Waals surface area contributed by atoms with Gasteiger partial charge < -0.3 is 15.7 Å². The van der Waals surface area contributed by atoms with E-state index in [0.717, 1.165) is 10.0 Å². The third-order valence-electron chi connectivity index (χ3n) is 2.63. The Hall–Kier alpha value is -1.72. The van der Waals surface area contributed by atoms with Crippen molar-refractivity contribution >= 4 is 33.4 Å². The number of aryl methyl sites for hydroxylation is 1. The number of amidine groups is 1. The van der Waals surface area contributed by atoms with Crippen molar-refractivity contribution in [3.8, 4) is 11.5 Å². The van der Waals surface area contributed by atoms with Crippen molar-refractivity contribution in [2.24, 2.45) is 10.9 Å². The van der Waals surface area contributed by atoms with Crippen LogP contribution in [0.1, 0.15) is 11.1 Å². The van der Waals surface area contributed by atoms with E-state index in [9.17, 15) is 0 Å². The van der Waals surface area contributed by atoms with Crippen molar-refractivity contribution in [3.63, 3.8) is 0 Å². The average molecular weight is 356 g/mol. The Kier molecular flexibility index (Phi) is 4.52. The van der Waals surface area contributed by atoms with Crippen LogP contribution in [0, 0.1) is 6.92 Å². The third-order valence-corrected chi connectivity index (χ3v) is 3.42. The summed E-state index contributed by atoms with van der Waals surface area (Å²) in [6, 6.07) is 10.7. The van der Waals surface area contributed by atoms with Crippen LogP contribution in [0.5, 0.6) is 11.5 Å². The van der Waals surface area contributed by atoms with Gasteiger partial charge in [-0.1, -0.05) is 38.8 Å². The van der Waals surface area contributed by atoms with Crippen LogP contribution in [-0.2, 0) is 0 Å². The maximum absolute atomic E-state index is 8.81. The molecule has 104 valence electrons. The zero-order chi connectivity index (χ0) is 14.7. The fourth-order valence-electron chi connectivity index (χ4n) is 1.66. The van der Waals surface area contributed by atoms with Gasteiger partial charge in [-0.2, -0.15) is 0 Å². The van der Waals surface area contributed by atoms with Gasteiger partial charge >= 0.3 is 0 Å². The number of oxime groups is 1. The second kappa shape index (κ2) is 6.15. The maximum Gasteiger partial charge on any atom is 0.173 e. The highest BCUT2D eigenvalue weighted by Crippen LogP contribution is 2.33. The van der Waals surface area contributed by atoms with E-state index >= 15 is 0 Å². The fraction of sp³-hybridized carbons (Fsp3) is 0.0714. The lowest BCUT2D eigenvalue weighted by Crippen LogP contribution is -2.14. The smallest absolute Gasteiger partial charge is 0.173 e. The van der Waals surface area contributed by atoms with Crippen LogP contribution >= 0.6 is 27.5 Å². The van der Waals surface area contributed by atoms with Gasteiger partial charge in [-0.25, -0.2) is 0 Å². The lowest BCUT2D eigenvalue weighted by molar-refractivity contribution is 0.318. The van der Waals surface area contributed by atoms with Gasteiger partial charge in [-0.05, 0) is 42.8 Å². The topological polar surface area (TPSA) is 67.8 Å². The molecule has 0 bridgehead atoms. The summed E-state index contributed by atoms with van der Waals surface area (Å²) in [6.07, 6.45) is 0. The number of nitrogens with two attached hydrogens (primary N) is 1. The minimum absolute atomic E-state index is 0.0202. The number of ether oxygens (including phenoxy) is 1. The summed E-state index contributed by atoms with van der Waals surface area (Å²) < 4.78 is 6.63. The first-order valence-corrected chi connectivity index (χ1v) is 6.90. The van der Waals surface area contributed by atoms with Gasteiger partial charge in [0.1, 0.15) is 11.5 Å². The number of halogens is 2. The number of hydrogen-bond acceptors (Lipinski definition) is 3. The number of rotatable bonds is 3. The Morgan fingerprint density at radius 3 is 2.65 bits per heavy atom. The highest BCUT2D eigenvalue weighted by Gasteiger charge is 2.11. The zero-order valence-corrected chi connectivity index (χ0v) is 12.9. The van der Waals surface area contributed by atoms with Crippen LogP contribution in [0.15, 0.2) is 46.0 Å². The lowest BCUT2D eigenvalue weighted by atomic mass is 10.1. The molecule has 0 aliphatic rings. The molecule has 0 fully saturated rings. The molecule has 2 aromatic carbocycles. The van der Waals surface area contributed by atoms with Crippen molar-refractivity contribution < 1.29 is 9.94 Å². The van der Waals surface area contributed by atoms with Crippen LogP contribution in [0.2, 0.25) is 5.02 Å². The molecule has 0 aliphatic heterocycles. The quantitative estimate of drug-likeness (QED) is 0.373. The van der Waals surface area contributed by atoms with Gasteiger partial charge in [-0.15, -0.1) is 0 Å². The van der Waals surface area contributed by atoms with Gasteiger partial charge in [0.25, 0.3) is 0 Å². The minimum Gasteiger partial charge on any atom is -0.455 e. The second-order valence-corrected chi connectivity index (χ2v) is 5.48. The van der Waals surface area contributed by atoms with Crippen molar-refractivity contribution in [3.05, 3.63) is 57.0 Å². The summed E-state index contributed by atoms with van der Waals surface area (Å²) in [5.41, 5.74) is 7.13. The Morgan fingerprint density at radius 1 is 1.25 bits per heavy atom. The number of benzene rings is 2. The average Bonchev–Trinajstić information content (AvgIpc) is 2.41. The van der Waals surface area contributed by atoms with Gasteiger partial charge in [-0.3, -0.25) is 0 Å². The van der Waals surface area contributed by atoms with E-state index in [1.54, 1.807) is 24.3 Å². The summed E-state index contributed by atoms with van der Waals surface area (Å²) >= 11 is 9.45. The summed E-state index contributed by atoms with van der Waals surface area (Å²) in [5, 5.41) is 12.3. The van der Waals surface area contributed by atoms with Gasteiger partial charge in [0.05, 0.1) is 10.6 Å². The van der Waals surface area contributed by atoms with Gasteiger partial charge in [0.2, 0.25) is 0 Å². The molecule has 0 amide bonds. The predicted octanol–water partition coefficient (Wildman–Crippen LogP) is 4.30. The predicted molar refractivity (Wildman–Crippen MR) is 82.9 cm³/mol. The van der Waals surface area contributed by atoms with Crippen molar-refractivity contribution in [2.75, 3.05) is 0 Å². The number of nitrogens with zero attached hydrogens (tertiary/aromatic N) is 1. The van der Waals surface area contributed by atoms with Crippen molar-refractivity contribution in [1.82, 2.24) is 0 Å². The van der Waals surface area contributed by atoms with Crippen LogP contribution in [-0.4, -0.2) is 11.0 Å². The molecule has 0 heterocycles. The Bertz CT molecular complexity index is 674. The van der Waals surface area contributed by atoms with Crippen LogP contribution in [0.25, 0.3) is 0 Å². The first kappa shape index (κ1) is 14.7. The molecule has 0 radical (unpaired) electrons. The fourth-order valence-corrected chi connectivity index (χ4v) is 2.37. The maximum atomic E-state index is 8.81. The van der Waals surface area contributed by atoms with Gasteiger partial charge in [0.15, 0.2) is 5.84 Å². The second-order valence-electron chi connectivity index (χ2n) is 4.16. The number of hydrogen-bond donors (Lipinski definition) is 2. The zero-order valence-electron chi connectivity index (χ0n) is 10.6. The van der Waals surface area contributed by atoms with E-state index in [4.69, 9.17) is 27.3 Å². The Balaban J connectivity index is 2.44. The summed E-state index contributed by atoms with van der Waals surface area (Å²) in [7, 11) is 0. The molecule has 0 aliphatic carbocycles. The van der Waals surface area contributed by atoms with Crippen molar-refractivity contribution in [1.29, 1.82) is 0 Å². The molecule has 0 unspecified atom stereocenters. The normalized spacial score (nSPS) is 11.4. The van der Waals surface area contributed by atoms with E-state index in [0.29, 0.717) is 22.1 Å². The monoisotopic (exact) mass is 354 g/mol. The minimum atomic E-state index is -0.0202. The molecular formula is C14H12BrClN2O2. The highest BCUT2D eigenvalue weighted by atomic mass is 79.9. The molecule has 4 nitrogen and oxygen atoms in total. The highest BCUT2D eigenvalue weighted by molar-refractivity contribution is 9.10. The van der Waals surface area contributed by atoms with E-state index in [1.165, 1.54) is 0 Å². The molecule has 2 aromatic rings. The van der Waals surface area contributed by atoms with Gasteiger partial charge in [0, 0.05) is 4.47 Å². The van der Waals surface area contributed by atoms with Crippen LogP contribution in [0.4, 0.5) is 0 Å². The summed E-state index contributed by atoms with van der Waals surface area (Å²) in [5.74, 6) is 0.949. The molecule has 0 saturated heterocycles. The first-order chi connectivity index (χ1) is 9.51. The standard InChI is InChI=1S/C14H12BrClN2O2/c1-8-2-4-10(14(17)18-19)13(6-8)20-12-5-3-9(15)7-11(12)16/h2-7,19H,1H3,(H2,17,18). The summed E-state index contributed by atoms with van der Waals surface area (Å²) in [4.78, 5) is 0. The lowest BCUT2D eigenvalue weighted by Gasteiger charge is -2.12. The molecule has 0 spiro atoms. The molecule has 0 aromatic heterocycles. The Morgan fingerprint density at radius 2 is 2.00 bits per heavy atom. The van der Waals surface area contributed by atoms with Crippen molar-refractivity contribution in [2.45, 2.75) is 6.92 Å². The third kappa shape index (κ3) is 3.23. The first-order valence-electron chi connectivity index (χ1n) is 5.72. The molecular weight excluding hydrogens is 344 g/mol. The van der Waals surface area contributed by atoms with Crippen LogP contribution < -0.4 is 10.5 Å². The van der Waals surface area contributed by atoms with E-state index < -0.39 is 0 Å². The molecule has 20 heavy (non-hydrogen) atoms. The van der Waals surface area contributed by atoms with E-state index in [-0.39, 0.29) is 5.84 Å². The largest absolute Gasteiger partial charge is 0.455 e. The molecule has 3 N–H and O–H groups in total. The molecule has 6 heteroatoms. The molecule has 2 rings (SSSR count).